The molecule has 172 valence electrons. The first kappa shape index (κ1) is 23.1. The normalized spacial score (nSPS) is 18.2. The molecule has 1 heterocycles. The van der Waals surface area contributed by atoms with E-state index in [-0.39, 0.29) is 12.3 Å². The number of hydrogen-bond donors (Lipinski definition) is 1. The monoisotopic (exact) mass is 467 g/mol. The highest BCUT2D eigenvalue weighted by atomic mass is 35.5. The van der Waals surface area contributed by atoms with Gasteiger partial charge in [0.05, 0.1) is 6.61 Å². The van der Waals surface area contributed by atoms with E-state index in [1.54, 1.807) is 12.1 Å². The second-order valence-corrected chi connectivity index (χ2v) is 8.88. The van der Waals surface area contributed by atoms with Crippen LogP contribution >= 0.6 is 11.6 Å². The number of rotatable bonds is 8. The van der Waals surface area contributed by atoms with Crippen LogP contribution in [0.15, 0.2) is 59.4 Å². The summed E-state index contributed by atoms with van der Waals surface area (Å²) in [5.41, 5.74) is 2.42. The maximum atomic E-state index is 12.9. The summed E-state index contributed by atoms with van der Waals surface area (Å²) in [6, 6.07) is 17.0. The van der Waals surface area contributed by atoms with Crippen LogP contribution in [0.2, 0.25) is 5.02 Å². The molecule has 1 aliphatic carbocycles. The smallest absolute Gasteiger partial charge is 0.364 e. The highest BCUT2D eigenvalue weighted by molar-refractivity contribution is 6.30. The number of benzene rings is 2. The molecule has 2 aromatic carbocycles. The SMILES string of the molecule is O=C(O)COC[C@H]1CC[C@H](Cn2nc(-c3ccccc3)c(-c3cccc(Cl)c3)nc2=O)CC1. The molecular formula is C25H26ClN3O4. The van der Waals surface area contributed by atoms with Gasteiger partial charge in [-0.25, -0.2) is 14.3 Å². The molecule has 1 saturated carbocycles. The minimum Gasteiger partial charge on any atom is -0.480 e. The van der Waals surface area contributed by atoms with Crippen molar-refractivity contribution in [3.63, 3.8) is 0 Å². The molecule has 0 aliphatic heterocycles. The second-order valence-electron chi connectivity index (χ2n) is 8.45. The fourth-order valence-electron chi connectivity index (χ4n) is 4.30. The third-order valence-electron chi connectivity index (χ3n) is 6.00. The minimum absolute atomic E-state index is 0.258. The maximum Gasteiger partial charge on any atom is 0.364 e. The van der Waals surface area contributed by atoms with Gasteiger partial charge in [0.1, 0.15) is 18.0 Å². The quantitative estimate of drug-likeness (QED) is 0.523. The lowest BCUT2D eigenvalue weighted by Crippen LogP contribution is -2.31. The van der Waals surface area contributed by atoms with E-state index in [4.69, 9.17) is 26.5 Å². The molecule has 0 saturated heterocycles. The van der Waals surface area contributed by atoms with Gasteiger partial charge in [-0.1, -0.05) is 54.1 Å². The van der Waals surface area contributed by atoms with Gasteiger partial charge in [-0.3, -0.25) is 0 Å². The van der Waals surface area contributed by atoms with E-state index >= 15 is 0 Å². The average Bonchev–Trinajstić information content (AvgIpc) is 2.81. The largest absolute Gasteiger partial charge is 0.480 e. The van der Waals surface area contributed by atoms with Crippen molar-refractivity contribution in [1.29, 1.82) is 0 Å². The molecule has 0 bridgehead atoms. The van der Waals surface area contributed by atoms with E-state index in [9.17, 15) is 9.59 Å². The fourth-order valence-corrected chi connectivity index (χ4v) is 4.49. The Balaban J connectivity index is 1.54. The second kappa shape index (κ2) is 10.7. The van der Waals surface area contributed by atoms with Crippen LogP contribution in [0, 0.1) is 11.8 Å². The molecule has 0 amide bonds. The number of carbonyl (C=O) groups is 1. The molecular weight excluding hydrogens is 442 g/mol. The highest BCUT2D eigenvalue weighted by Crippen LogP contribution is 2.31. The maximum absolute atomic E-state index is 12.9. The Morgan fingerprint density at radius 2 is 1.70 bits per heavy atom. The van der Waals surface area contributed by atoms with Gasteiger partial charge in [0.15, 0.2) is 0 Å². The fraction of sp³-hybridized carbons (Fsp3) is 0.360. The zero-order valence-electron chi connectivity index (χ0n) is 18.2. The lowest BCUT2D eigenvalue weighted by Gasteiger charge is -2.28. The minimum atomic E-state index is -0.947. The number of carboxylic acid groups (broad SMARTS) is 1. The summed E-state index contributed by atoms with van der Waals surface area (Å²) in [7, 11) is 0. The molecule has 1 N–H and O–H groups in total. The molecule has 1 fully saturated rings. The standard InChI is InChI=1S/C25H26ClN3O4/c26-21-8-4-7-20(13-21)23-24(19-5-2-1-3-6-19)28-29(25(32)27-23)14-17-9-11-18(12-10-17)15-33-16-22(30)31/h1-8,13,17-18H,9-12,14-16H2,(H,30,31)/t17-,18-. The predicted octanol–water partition coefficient (Wildman–Crippen LogP) is 4.53. The van der Waals surface area contributed by atoms with Crippen LogP contribution in [0.3, 0.4) is 0 Å². The molecule has 3 aromatic rings. The molecule has 8 heteroatoms. The lowest BCUT2D eigenvalue weighted by atomic mass is 9.82. The first-order valence-corrected chi connectivity index (χ1v) is 11.5. The van der Waals surface area contributed by atoms with Crippen LogP contribution in [0.25, 0.3) is 22.5 Å². The van der Waals surface area contributed by atoms with E-state index in [0.29, 0.717) is 41.4 Å². The van der Waals surface area contributed by atoms with E-state index in [0.717, 1.165) is 36.8 Å². The lowest BCUT2D eigenvalue weighted by molar-refractivity contribution is -0.142. The number of aromatic nitrogens is 3. The van der Waals surface area contributed by atoms with E-state index in [1.165, 1.54) is 4.68 Å². The van der Waals surface area contributed by atoms with Crippen LogP contribution in [-0.2, 0) is 16.1 Å². The molecule has 33 heavy (non-hydrogen) atoms. The number of aliphatic carboxylic acids is 1. The van der Waals surface area contributed by atoms with Crippen molar-refractivity contribution in [2.45, 2.75) is 32.2 Å². The predicted molar refractivity (Wildman–Crippen MR) is 126 cm³/mol. The summed E-state index contributed by atoms with van der Waals surface area (Å²) in [4.78, 5) is 27.9. The van der Waals surface area contributed by atoms with Crippen molar-refractivity contribution in [2.24, 2.45) is 11.8 Å². The summed E-state index contributed by atoms with van der Waals surface area (Å²) < 4.78 is 6.72. The molecule has 7 nitrogen and oxygen atoms in total. The topological polar surface area (TPSA) is 94.3 Å². The van der Waals surface area contributed by atoms with Crippen LogP contribution in [0.5, 0.6) is 0 Å². The van der Waals surface area contributed by atoms with E-state index in [2.05, 4.69) is 4.98 Å². The van der Waals surface area contributed by atoms with Gasteiger partial charge in [0.25, 0.3) is 0 Å². The molecule has 1 aliphatic rings. The number of carboxylic acids is 1. The average molecular weight is 468 g/mol. The Labute approximate surface area is 197 Å². The summed E-state index contributed by atoms with van der Waals surface area (Å²) in [5.74, 6) is -0.279. The zero-order chi connectivity index (χ0) is 23.2. The van der Waals surface area contributed by atoms with Gasteiger partial charge in [-0.2, -0.15) is 10.1 Å². The number of nitrogens with zero attached hydrogens (tertiary/aromatic N) is 3. The Kier molecular flexibility index (Phi) is 7.52. The van der Waals surface area contributed by atoms with Gasteiger partial charge in [0.2, 0.25) is 0 Å². The number of halogens is 1. The van der Waals surface area contributed by atoms with Gasteiger partial charge in [-0.15, -0.1) is 0 Å². The molecule has 0 radical (unpaired) electrons. The Morgan fingerprint density at radius 1 is 1.00 bits per heavy atom. The number of ether oxygens (including phenoxy) is 1. The van der Waals surface area contributed by atoms with Gasteiger partial charge in [0, 0.05) is 22.7 Å². The first-order valence-electron chi connectivity index (χ1n) is 11.1. The van der Waals surface area contributed by atoms with Crippen LogP contribution in [0.1, 0.15) is 25.7 Å². The highest BCUT2D eigenvalue weighted by Gasteiger charge is 2.23. The molecule has 4 rings (SSSR count). The van der Waals surface area contributed by atoms with Crippen molar-refractivity contribution in [3.8, 4) is 22.5 Å². The summed E-state index contributed by atoms with van der Waals surface area (Å²) in [6.07, 6.45) is 3.76. The van der Waals surface area contributed by atoms with Crippen molar-refractivity contribution in [1.82, 2.24) is 14.8 Å². The van der Waals surface area contributed by atoms with Crippen molar-refractivity contribution in [3.05, 3.63) is 70.1 Å². The summed E-state index contributed by atoms with van der Waals surface area (Å²) in [6.45, 7) is 0.710. The third-order valence-corrected chi connectivity index (χ3v) is 6.23. The van der Waals surface area contributed by atoms with Crippen molar-refractivity contribution < 1.29 is 14.6 Å². The van der Waals surface area contributed by atoms with Gasteiger partial charge < -0.3 is 9.84 Å². The Morgan fingerprint density at radius 3 is 2.39 bits per heavy atom. The summed E-state index contributed by atoms with van der Waals surface area (Å²) in [5, 5.41) is 14.0. The molecule has 0 spiro atoms. The summed E-state index contributed by atoms with van der Waals surface area (Å²) >= 11 is 6.18. The Bertz CT molecular complexity index is 1160. The van der Waals surface area contributed by atoms with Gasteiger partial charge in [-0.05, 0) is 49.7 Å². The third kappa shape index (κ3) is 6.06. The Hall–Kier alpha value is -3.03. The van der Waals surface area contributed by atoms with Crippen LogP contribution in [0.4, 0.5) is 0 Å². The van der Waals surface area contributed by atoms with E-state index in [1.807, 2.05) is 42.5 Å². The van der Waals surface area contributed by atoms with Crippen molar-refractivity contribution in [2.75, 3.05) is 13.2 Å². The van der Waals surface area contributed by atoms with Gasteiger partial charge >= 0.3 is 11.7 Å². The van der Waals surface area contributed by atoms with Crippen LogP contribution in [-0.4, -0.2) is 39.1 Å². The molecule has 0 atom stereocenters. The van der Waals surface area contributed by atoms with Crippen LogP contribution < -0.4 is 5.69 Å². The molecule has 0 unspecified atom stereocenters. The molecule has 1 aromatic heterocycles. The van der Waals surface area contributed by atoms with Crippen molar-refractivity contribution >= 4 is 17.6 Å². The first-order chi connectivity index (χ1) is 16.0. The zero-order valence-corrected chi connectivity index (χ0v) is 18.9. The van der Waals surface area contributed by atoms with E-state index < -0.39 is 5.97 Å². The number of hydrogen-bond acceptors (Lipinski definition) is 5.